The number of ether oxygens (including phenoxy) is 1. The number of hydrogen-bond donors (Lipinski definition) is 2. The third kappa shape index (κ3) is 8.14. The van der Waals surface area contributed by atoms with E-state index in [1.165, 1.54) is 42.5 Å². The molecule has 2 aromatic rings. The van der Waals surface area contributed by atoms with E-state index in [-0.39, 0.29) is 18.2 Å². The number of pyridine rings is 1. The first kappa shape index (κ1) is 23.2. The van der Waals surface area contributed by atoms with Crippen molar-refractivity contribution >= 4 is 47.5 Å². The molecule has 2 fully saturated rings. The molecule has 8 nitrogen and oxygen atoms in total. The lowest BCUT2D eigenvalue weighted by Crippen LogP contribution is -2.41. The Morgan fingerprint density at radius 3 is 2.37 bits per heavy atom. The Bertz CT molecular complexity index is 846. The zero-order chi connectivity index (χ0) is 21.8. The molecule has 160 valence electrons. The van der Waals surface area contributed by atoms with Crippen molar-refractivity contribution in [3.8, 4) is 0 Å². The van der Waals surface area contributed by atoms with E-state index in [0.29, 0.717) is 42.5 Å². The van der Waals surface area contributed by atoms with Crippen molar-refractivity contribution in [3.63, 3.8) is 0 Å². The molecular formula is C20H22ClFN4O4. The molecule has 4 rings (SSSR count). The van der Waals surface area contributed by atoms with E-state index in [9.17, 15) is 18.8 Å². The molecule has 0 bridgehead atoms. The number of amides is 3. The predicted octanol–water partition coefficient (Wildman–Crippen LogP) is 3.23. The van der Waals surface area contributed by atoms with E-state index in [4.69, 9.17) is 16.3 Å². The maximum Gasteiger partial charge on any atom is 0.253 e. The van der Waals surface area contributed by atoms with Gasteiger partial charge < -0.3 is 20.3 Å². The van der Waals surface area contributed by atoms with Crippen molar-refractivity contribution in [1.82, 2.24) is 4.98 Å². The molecule has 0 spiro atoms. The average molecular weight is 437 g/mol. The number of nitrogens with zero attached hydrogens (tertiary/aromatic N) is 2. The number of carbonyl (C=O) groups is 3. The van der Waals surface area contributed by atoms with Crippen LogP contribution in [0.2, 0.25) is 5.02 Å². The van der Waals surface area contributed by atoms with Crippen LogP contribution in [0.3, 0.4) is 0 Å². The molecule has 1 aliphatic carbocycles. The number of carbonyl (C=O) groups excluding carboxylic acids is 3. The van der Waals surface area contributed by atoms with Gasteiger partial charge in [0.1, 0.15) is 18.2 Å². The first-order valence-corrected chi connectivity index (χ1v) is 9.62. The summed E-state index contributed by atoms with van der Waals surface area (Å²) in [5.41, 5.74) is 0.553. The summed E-state index contributed by atoms with van der Waals surface area (Å²) in [6, 6.07) is 7.49. The molecule has 2 heterocycles. The van der Waals surface area contributed by atoms with Gasteiger partial charge in [-0.05, 0) is 30.3 Å². The number of rotatable bonds is 5. The van der Waals surface area contributed by atoms with Gasteiger partial charge in [0.05, 0.1) is 17.3 Å². The molecule has 10 heteroatoms. The summed E-state index contributed by atoms with van der Waals surface area (Å²) in [5.74, 6) is -0.278. The summed E-state index contributed by atoms with van der Waals surface area (Å²) in [6.07, 6.45) is 6.93. The Balaban J connectivity index is 0.000000206. The number of morpholine rings is 1. The molecule has 1 saturated carbocycles. The second kappa shape index (κ2) is 12.5. The maximum absolute atomic E-state index is 13.5. The van der Waals surface area contributed by atoms with E-state index in [1.54, 1.807) is 18.2 Å². The second-order valence-corrected chi connectivity index (χ2v) is 6.65. The molecule has 0 atom stereocenters. The topological polar surface area (TPSA) is 101 Å². The number of nitrogens with one attached hydrogen (secondary N) is 2. The van der Waals surface area contributed by atoms with Crippen LogP contribution in [0.25, 0.3) is 0 Å². The van der Waals surface area contributed by atoms with Crippen molar-refractivity contribution < 1.29 is 23.5 Å². The third-order valence-corrected chi connectivity index (χ3v) is 3.98. The lowest BCUT2D eigenvalue weighted by Gasteiger charge is -2.27. The fourth-order valence-electron chi connectivity index (χ4n) is 2.17. The van der Waals surface area contributed by atoms with Gasteiger partial charge >= 0.3 is 0 Å². The average Bonchev–Trinajstić information content (AvgIpc) is 3.62. The van der Waals surface area contributed by atoms with Crippen LogP contribution < -0.4 is 15.5 Å². The van der Waals surface area contributed by atoms with Crippen molar-refractivity contribution in [1.29, 1.82) is 0 Å². The van der Waals surface area contributed by atoms with Gasteiger partial charge in [-0.1, -0.05) is 30.9 Å². The van der Waals surface area contributed by atoms with Crippen LogP contribution >= 0.6 is 11.6 Å². The normalized spacial score (nSPS) is 14.3. The van der Waals surface area contributed by atoms with Crippen molar-refractivity contribution in [3.05, 3.63) is 47.4 Å². The highest BCUT2D eigenvalue weighted by molar-refractivity contribution is 6.30. The number of aromatic nitrogens is 1. The quantitative estimate of drug-likeness (QED) is 0.701. The third-order valence-electron chi connectivity index (χ3n) is 3.75. The predicted molar refractivity (Wildman–Crippen MR) is 112 cm³/mol. The van der Waals surface area contributed by atoms with Gasteiger partial charge in [0, 0.05) is 18.4 Å². The molecule has 0 unspecified atom stereocenters. The van der Waals surface area contributed by atoms with Crippen LogP contribution in [0.4, 0.5) is 21.6 Å². The Morgan fingerprint density at radius 1 is 1.10 bits per heavy atom. The van der Waals surface area contributed by atoms with E-state index in [0.717, 1.165) is 0 Å². The fourth-order valence-corrected chi connectivity index (χ4v) is 2.28. The molecule has 0 radical (unpaired) electrons. The van der Waals surface area contributed by atoms with E-state index in [2.05, 4.69) is 15.6 Å². The van der Waals surface area contributed by atoms with E-state index in [1.807, 2.05) is 0 Å². The highest BCUT2D eigenvalue weighted by atomic mass is 35.5. The van der Waals surface area contributed by atoms with Crippen LogP contribution in [-0.4, -0.2) is 43.5 Å². The Hall–Kier alpha value is -3.04. The summed E-state index contributed by atoms with van der Waals surface area (Å²) in [5, 5.41) is 5.17. The molecular weight excluding hydrogens is 415 g/mol. The van der Waals surface area contributed by atoms with E-state index < -0.39 is 5.82 Å². The van der Waals surface area contributed by atoms with Crippen molar-refractivity contribution in [2.24, 2.45) is 0 Å². The van der Waals surface area contributed by atoms with Crippen molar-refractivity contribution in [2.75, 3.05) is 35.3 Å². The Kier molecular flexibility index (Phi) is 9.69. The Labute approximate surface area is 178 Å². The van der Waals surface area contributed by atoms with Gasteiger partial charge in [-0.2, -0.15) is 0 Å². The van der Waals surface area contributed by atoms with Gasteiger partial charge in [-0.25, -0.2) is 9.37 Å². The fraction of sp³-hybridized carbons (Fsp3) is 0.300. The van der Waals surface area contributed by atoms with Crippen LogP contribution in [0.15, 0.2) is 36.5 Å². The molecule has 1 aromatic heterocycles. The maximum atomic E-state index is 13.5. The minimum atomic E-state index is -0.575. The van der Waals surface area contributed by atoms with Gasteiger partial charge in [0.15, 0.2) is 0 Å². The molecule has 2 N–H and O–H groups in total. The molecule has 3 amide bonds. The van der Waals surface area contributed by atoms with Crippen LogP contribution in [-0.2, 0) is 19.1 Å². The Morgan fingerprint density at radius 2 is 1.83 bits per heavy atom. The number of halogens is 2. The number of hydrogen-bond acceptors (Lipinski definition) is 5. The summed E-state index contributed by atoms with van der Waals surface area (Å²) in [7, 11) is 0. The summed E-state index contributed by atoms with van der Waals surface area (Å²) < 4.78 is 18.5. The van der Waals surface area contributed by atoms with Crippen LogP contribution in [0.1, 0.15) is 19.3 Å². The second-order valence-electron chi connectivity index (χ2n) is 6.21. The summed E-state index contributed by atoms with van der Waals surface area (Å²) in [4.78, 5) is 36.9. The number of benzene rings is 1. The van der Waals surface area contributed by atoms with Gasteiger partial charge in [0.2, 0.25) is 12.8 Å². The summed E-state index contributed by atoms with van der Waals surface area (Å²) in [6.45, 7) is 0.844. The zero-order valence-corrected chi connectivity index (χ0v) is 16.9. The monoisotopic (exact) mass is 436 g/mol. The van der Waals surface area contributed by atoms with Crippen molar-refractivity contribution in [2.45, 2.75) is 19.3 Å². The zero-order valence-electron chi connectivity index (χ0n) is 16.1. The first-order chi connectivity index (χ1) is 14.5. The minimum Gasteiger partial charge on any atom is -0.370 e. The smallest absolute Gasteiger partial charge is 0.253 e. The van der Waals surface area contributed by atoms with Gasteiger partial charge in [-0.15, -0.1) is 0 Å². The molecule has 1 saturated heterocycles. The highest BCUT2D eigenvalue weighted by Gasteiger charge is 2.20. The van der Waals surface area contributed by atoms with Gasteiger partial charge in [-0.3, -0.25) is 14.4 Å². The summed E-state index contributed by atoms with van der Waals surface area (Å²) >= 11 is 5.53. The highest BCUT2D eigenvalue weighted by Crippen LogP contribution is 2.22. The number of anilines is 3. The van der Waals surface area contributed by atoms with Crippen LogP contribution in [0, 0.1) is 5.82 Å². The molecule has 1 aromatic carbocycles. The standard InChI is InChI=1S/C11H11FN2O3.C6H5ClN2O.C3H6/c12-9-5-8(1-2-10(9)13-7-15)14-3-4-17-6-11(14)16;7-5-1-2-6(8-3-5)9-4-10;1-2-3-1/h1-2,5,7H,3-4,6H2,(H,13,15);1-4H,(H,8,9,10);1-3H2. The molecule has 1 aliphatic heterocycles. The molecule has 30 heavy (non-hydrogen) atoms. The first-order valence-electron chi connectivity index (χ1n) is 9.24. The lowest BCUT2D eigenvalue weighted by atomic mass is 10.2. The van der Waals surface area contributed by atoms with Crippen LogP contribution in [0.5, 0.6) is 0 Å². The minimum absolute atomic E-state index is 0.00988. The lowest BCUT2D eigenvalue weighted by molar-refractivity contribution is -0.125. The largest absolute Gasteiger partial charge is 0.370 e. The van der Waals surface area contributed by atoms with E-state index >= 15 is 0 Å². The SMILES string of the molecule is C1CC1.O=CNc1ccc(Cl)cn1.O=CNc1ccc(N2CCOCC2=O)cc1F. The molecule has 2 aliphatic rings. The van der Waals surface area contributed by atoms with Gasteiger partial charge in [0.25, 0.3) is 5.91 Å².